The molecule has 5 heteroatoms. The Morgan fingerprint density at radius 2 is 2.05 bits per heavy atom. The van der Waals surface area contributed by atoms with Crippen LogP contribution in [0.4, 0.5) is 0 Å². The van der Waals surface area contributed by atoms with Crippen LogP contribution in [-0.2, 0) is 4.79 Å². The summed E-state index contributed by atoms with van der Waals surface area (Å²) in [5, 5.41) is 11.0. The number of likely N-dealkylation sites (tertiary alicyclic amines) is 1. The van der Waals surface area contributed by atoms with Crippen LogP contribution in [0.5, 0.6) is 0 Å². The highest BCUT2D eigenvalue weighted by atomic mass is 16.4. The number of aromatic nitrogens is 1. The van der Waals surface area contributed by atoms with E-state index in [0.29, 0.717) is 25.2 Å². The van der Waals surface area contributed by atoms with Crippen molar-refractivity contribution in [2.45, 2.75) is 13.3 Å². The second-order valence-electron chi connectivity index (χ2n) is 5.84. The van der Waals surface area contributed by atoms with E-state index >= 15 is 0 Å². The van der Waals surface area contributed by atoms with Crippen molar-refractivity contribution in [3.8, 4) is 0 Å². The van der Waals surface area contributed by atoms with E-state index in [1.54, 1.807) is 11.1 Å². The molecule has 0 aliphatic carbocycles. The standard InChI is InChI=1S/C17H18N2O3/c1-11-10-19(9-7-13(11)17(21)22)16(20)15-14-5-3-2-4-12(14)6-8-18-15/h2-6,8,11,13H,7,9-10H2,1H3,(H,21,22). The molecule has 5 nitrogen and oxygen atoms in total. The Morgan fingerprint density at radius 1 is 1.27 bits per heavy atom. The van der Waals surface area contributed by atoms with Gasteiger partial charge < -0.3 is 10.0 Å². The van der Waals surface area contributed by atoms with Gasteiger partial charge in [0.15, 0.2) is 0 Å². The largest absolute Gasteiger partial charge is 0.481 e. The number of carboxylic acids is 1. The number of hydrogen-bond donors (Lipinski definition) is 1. The third-order valence-corrected chi connectivity index (χ3v) is 4.39. The lowest BCUT2D eigenvalue weighted by molar-refractivity contribution is -0.145. The van der Waals surface area contributed by atoms with E-state index in [2.05, 4.69) is 4.98 Å². The van der Waals surface area contributed by atoms with E-state index in [1.165, 1.54) is 0 Å². The Balaban J connectivity index is 1.87. The van der Waals surface area contributed by atoms with E-state index in [4.69, 9.17) is 0 Å². The highest BCUT2D eigenvalue weighted by Crippen LogP contribution is 2.26. The van der Waals surface area contributed by atoms with E-state index < -0.39 is 5.97 Å². The number of carboxylic acid groups (broad SMARTS) is 1. The van der Waals surface area contributed by atoms with Gasteiger partial charge in [0.1, 0.15) is 5.69 Å². The van der Waals surface area contributed by atoms with Crippen LogP contribution in [0.2, 0.25) is 0 Å². The quantitative estimate of drug-likeness (QED) is 0.924. The maximum atomic E-state index is 12.8. The number of amides is 1. The molecule has 1 saturated heterocycles. The minimum absolute atomic E-state index is 0.0508. The first-order valence-corrected chi connectivity index (χ1v) is 7.43. The predicted molar refractivity (Wildman–Crippen MR) is 82.6 cm³/mol. The smallest absolute Gasteiger partial charge is 0.306 e. The fraction of sp³-hybridized carbons (Fsp3) is 0.353. The van der Waals surface area contributed by atoms with Crippen LogP contribution < -0.4 is 0 Å². The number of aliphatic carboxylic acids is 1. The van der Waals surface area contributed by atoms with Crippen molar-refractivity contribution in [2.75, 3.05) is 13.1 Å². The Labute approximate surface area is 128 Å². The molecule has 0 saturated carbocycles. The van der Waals surface area contributed by atoms with Crippen molar-refractivity contribution >= 4 is 22.6 Å². The van der Waals surface area contributed by atoms with Crippen LogP contribution in [0, 0.1) is 11.8 Å². The average Bonchev–Trinajstić information content (AvgIpc) is 2.53. The van der Waals surface area contributed by atoms with Gasteiger partial charge in [0.25, 0.3) is 5.91 Å². The highest BCUT2D eigenvalue weighted by Gasteiger charge is 2.33. The molecule has 0 bridgehead atoms. The minimum atomic E-state index is -0.775. The maximum absolute atomic E-state index is 12.8. The molecule has 1 aromatic heterocycles. The first kappa shape index (κ1) is 14.5. The van der Waals surface area contributed by atoms with Gasteiger partial charge in [-0.15, -0.1) is 0 Å². The number of fused-ring (bicyclic) bond motifs is 1. The highest BCUT2D eigenvalue weighted by molar-refractivity contribution is 6.05. The van der Waals surface area contributed by atoms with Crippen LogP contribution in [0.3, 0.4) is 0 Å². The first-order chi connectivity index (χ1) is 10.6. The summed E-state index contributed by atoms with van der Waals surface area (Å²) in [6, 6.07) is 9.54. The number of nitrogens with zero attached hydrogens (tertiary/aromatic N) is 2. The van der Waals surface area contributed by atoms with Crippen molar-refractivity contribution in [3.05, 3.63) is 42.2 Å². The zero-order chi connectivity index (χ0) is 15.7. The maximum Gasteiger partial charge on any atom is 0.306 e. The van der Waals surface area contributed by atoms with Crippen LogP contribution in [0.1, 0.15) is 23.8 Å². The second kappa shape index (κ2) is 5.75. The molecular formula is C17H18N2O3. The van der Waals surface area contributed by atoms with Crippen molar-refractivity contribution in [1.29, 1.82) is 0 Å². The number of benzene rings is 1. The molecule has 2 unspecified atom stereocenters. The molecule has 114 valence electrons. The van der Waals surface area contributed by atoms with Crippen LogP contribution in [0.25, 0.3) is 10.8 Å². The lowest BCUT2D eigenvalue weighted by Crippen LogP contribution is -2.45. The zero-order valence-corrected chi connectivity index (χ0v) is 12.4. The summed E-state index contributed by atoms with van der Waals surface area (Å²) < 4.78 is 0. The SMILES string of the molecule is CC1CN(C(=O)c2nccc3ccccc23)CCC1C(=O)O. The normalized spacial score (nSPS) is 21.8. The molecular weight excluding hydrogens is 280 g/mol. The summed E-state index contributed by atoms with van der Waals surface area (Å²) in [4.78, 5) is 29.9. The molecule has 0 spiro atoms. The molecule has 1 aliphatic rings. The Morgan fingerprint density at radius 3 is 2.77 bits per heavy atom. The van der Waals surface area contributed by atoms with Crippen molar-refractivity contribution in [3.63, 3.8) is 0 Å². The first-order valence-electron chi connectivity index (χ1n) is 7.43. The molecule has 1 N–H and O–H groups in total. The van der Waals surface area contributed by atoms with Gasteiger partial charge in [-0.05, 0) is 23.8 Å². The van der Waals surface area contributed by atoms with Crippen molar-refractivity contribution < 1.29 is 14.7 Å². The van der Waals surface area contributed by atoms with E-state index in [-0.39, 0.29) is 17.7 Å². The number of hydrogen-bond acceptors (Lipinski definition) is 3. The number of pyridine rings is 1. The summed E-state index contributed by atoms with van der Waals surface area (Å²) in [5.74, 6) is -1.31. The predicted octanol–water partition coefficient (Wildman–Crippen LogP) is 2.42. The van der Waals surface area contributed by atoms with Crippen molar-refractivity contribution in [2.24, 2.45) is 11.8 Å². The summed E-state index contributed by atoms with van der Waals surface area (Å²) in [7, 11) is 0. The molecule has 1 fully saturated rings. The summed E-state index contributed by atoms with van der Waals surface area (Å²) in [6.45, 7) is 2.81. The van der Waals surface area contributed by atoms with Gasteiger partial charge in [0, 0.05) is 24.7 Å². The second-order valence-corrected chi connectivity index (χ2v) is 5.84. The van der Waals surface area contributed by atoms with Crippen LogP contribution >= 0.6 is 0 Å². The average molecular weight is 298 g/mol. The van der Waals surface area contributed by atoms with Gasteiger partial charge in [-0.1, -0.05) is 31.2 Å². The summed E-state index contributed by atoms with van der Waals surface area (Å²) in [6.07, 6.45) is 2.13. The minimum Gasteiger partial charge on any atom is -0.481 e. The van der Waals surface area contributed by atoms with Crippen LogP contribution in [-0.4, -0.2) is 40.0 Å². The Bertz CT molecular complexity index is 723. The van der Waals surface area contributed by atoms with Gasteiger partial charge in [-0.2, -0.15) is 0 Å². The van der Waals surface area contributed by atoms with E-state index in [0.717, 1.165) is 10.8 Å². The van der Waals surface area contributed by atoms with E-state index in [1.807, 2.05) is 37.3 Å². The molecule has 2 atom stereocenters. The zero-order valence-electron chi connectivity index (χ0n) is 12.4. The molecule has 2 aromatic rings. The lowest BCUT2D eigenvalue weighted by Gasteiger charge is -2.34. The number of carbonyl (C=O) groups excluding carboxylic acids is 1. The molecule has 3 rings (SSSR count). The third-order valence-electron chi connectivity index (χ3n) is 4.39. The van der Waals surface area contributed by atoms with E-state index in [9.17, 15) is 14.7 Å². The van der Waals surface area contributed by atoms with Gasteiger partial charge in [-0.3, -0.25) is 14.6 Å². The molecule has 2 heterocycles. The fourth-order valence-electron chi connectivity index (χ4n) is 3.14. The van der Waals surface area contributed by atoms with Gasteiger partial charge in [0.05, 0.1) is 5.92 Å². The molecule has 1 aliphatic heterocycles. The molecule has 22 heavy (non-hydrogen) atoms. The van der Waals surface area contributed by atoms with Crippen LogP contribution in [0.15, 0.2) is 36.5 Å². The molecule has 0 radical (unpaired) electrons. The topological polar surface area (TPSA) is 70.5 Å². The molecule has 1 amide bonds. The molecule has 1 aromatic carbocycles. The monoisotopic (exact) mass is 298 g/mol. The number of piperidine rings is 1. The summed E-state index contributed by atoms with van der Waals surface area (Å²) in [5.41, 5.74) is 0.444. The van der Waals surface area contributed by atoms with Gasteiger partial charge in [0.2, 0.25) is 0 Å². The fourth-order valence-corrected chi connectivity index (χ4v) is 3.14. The third kappa shape index (κ3) is 2.54. The Kier molecular flexibility index (Phi) is 3.79. The van der Waals surface area contributed by atoms with Gasteiger partial charge >= 0.3 is 5.97 Å². The van der Waals surface area contributed by atoms with Crippen molar-refractivity contribution in [1.82, 2.24) is 9.88 Å². The lowest BCUT2D eigenvalue weighted by atomic mass is 9.87. The number of carbonyl (C=O) groups is 2. The Hall–Kier alpha value is -2.43. The van der Waals surface area contributed by atoms with Gasteiger partial charge in [-0.25, -0.2) is 0 Å². The number of rotatable bonds is 2. The summed E-state index contributed by atoms with van der Waals surface area (Å²) >= 11 is 0.